The van der Waals surface area contributed by atoms with Crippen LogP contribution in [-0.4, -0.2) is 30.6 Å². The number of furan rings is 1. The van der Waals surface area contributed by atoms with E-state index in [0.717, 1.165) is 41.9 Å². The van der Waals surface area contributed by atoms with Crippen molar-refractivity contribution in [3.05, 3.63) is 36.1 Å². The maximum absolute atomic E-state index is 12.3. The molecular weight excluding hydrogens is 288 g/mol. The van der Waals surface area contributed by atoms with Crippen molar-refractivity contribution in [3.8, 4) is 0 Å². The molecule has 1 aliphatic carbocycles. The molecule has 0 aliphatic heterocycles. The van der Waals surface area contributed by atoms with Crippen LogP contribution in [-0.2, 0) is 6.42 Å². The zero-order valence-electron chi connectivity index (χ0n) is 14.0. The molecule has 2 aromatic rings. The van der Waals surface area contributed by atoms with Gasteiger partial charge in [0, 0.05) is 31.4 Å². The SMILES string of the molecule is CC1CCC(N(C)C(=O)NCCc2cc3ccccc3o2)CC1. The molecular formula is C19H26N2O2. The van der Waals surface area contributed by atoms with Crippen LogP contribution < -0.4 is 5.32 Å². The molecule has 1 aromatic heterocycles. The van der Waals surface area contributed by atoms with Crippen LogP contribution in [0.1, 0.15) is 38.4 Å². The van der Waals surface area contributed by atoms with E-state index >= 15 is 0 Å². The molecule has 1 heterocycles. The highest BCUT2D eigenvalue weighted by Crippen LogP contribution is 2.26. The van der Waals surface area contributed by atoms with Gasteiger partial charge in [-0.2, -0.15) is 0 Å². The molecule has 124 valence electrons. The molecule has 1 N–H and O–H groups in total. The summed E-state index contributed by atoms with van der Waals surface area (Å²) < 4.78 is 5.77. The Balaban J connectivity index is 1.47. The second-order valence-electron chi connectivity index (χ2n) is 6.76. The van der Waals surface area contributed by atoms with Crippen LogP contribution in [0, 0.1) is 5.92 Å². The molecule has 1 saturated carbocycles. The van der Waals surface area contributed by atoms with Crippen molar-refractivity contribution < 1.29 is 9.21 Å². The van der Waals surface area contributed by atoms with Gasteiger partial charge in [0.2, 0.25) is 0 Å². The topological polar surface area (TPSA) is 45.5 Å². The molecule has 1 aromatic carbocycles. The van der Waals surface area contributed by atoms with Gasteiger partial charge >= 0.3 is 6.03 Å². The molecule has 0 bridgehead atoms. The van der Waals surface area contributed by atoms with Gasteiger partial charge < -0.3 is 14.6 Å². The third-order valence-corrected chi connectivity index (χ3v) is 4.98. The molecule has 1 fully saturated rings. The molecule has 4 heteroatoms. The predicted molar refractivity (Wildman–Crippen MR) is 92.5 cm³/mol. The van der Waals surface area contributed by atoms with Gasteiger partial charge in [-0.1, -0.05) is 25.1 Å². The number of carbonyl (C=O) groups is 1. The second kappa shape index (κ2) is 7.07. The highest BCUT2D eigenvalue weighted by molar-refractivity contribution is 5.77. The summed E-state index contributed by atoms with van der Waals surface area (Å²) in [5, 5.41) is 4.12. The van der Waals surface area contributed by atoms with Crippen molar-refractivity contribution in [1.82, 2.24) is 10.2 Å². The van der Waals surface area contributed by atoms with Crippen molar-refractivity contribution in [2.24, 2.45) is 5.92 Å². The van der Waals surface area contributed by atoms with E-state index < -0.39 is 0 Å². The first-order valence-corrected chi connectivity index (χ1v) is 8.61. The van der Waals surface area contributed by atoms with E-state index in [-0.39, 0.29) is 6.03 Å². The minimum Gasteiger partial charge on any atom is -0.461 e. The fourth-order valence-corrected chi connectivity index (χ4v) is 3.37. The Labute approximate surface area is 137 Å². The van der Waals surface area contributed by atoms with E-state index in [4.69, 9.17) is 4.42 Å². The van der Waals surface area contributed by atoms with Crippen LogP contribution in [0.2, 0.25) is 0 Å². The number of carbonyl (C=O) groups excluding carboxylic acids is 1. The first kappa shape index (κ1) is 15.9. The molecule has 4 nitrogen and oxygen atoms in total. The maximum atomic E-state index is 12.3. The van der Waals surface area contributed by atoms with Crippen LogP contribution in [0.5, 0.6) is 0 Å². The van der Waals surface area contributed by atoms with Gasteiger partial charge in [0.05, 0.1) is 0 Å². The Hall–Kier alpha value is -1.97. The number of rotatable bonds is 4. The number of para-hydroxylation sites is 1. The van der Waals surface area contributed by atoms with Crippen LogP contribution in [0.4, 0.5) is 4.79 Å². The van der Waals surface area contributed by atoms with Gasteiger partial charge in [-0.3, -0.25) is 0 Å². The summed E-state index contributed by atoms with van der Waals surface area (Å²) in [5.41, 5.74) is 0.905. The fourth-order valence-electron chi connectivity index (χ4n) is 3.37. The lowest BCUT2D eigenvalue weighted by atomic mass is 9.87. The molecule has 3 rings (SSSR count). The summed E-state index contributed by atoms with van der Waals surface area (Å²) >= 11 is 0. The number of nitrogens with zero attached hydrogens (tertiary/aromatic N) is 1. The summed E-state index contributed by atoms with van der Waals surface area (Å²) in [6.07, 6.45) is 5.40. The molecule has 0 saturated heterocycles. The number of fused-ring (bicyclic) bond motifs is 1. The number of hydrogen-bond acceptors (Lipinski definition) is 2. The predicted octanol–water partition coefficient (Wildman–Crippen LogP) is 4.20. The van der Waals surface area contributed by atoms with Gasteiger partial charge in [0.25, 0.3) is 0 Å². The normalized spacial score (nSPS) is 21.3. The van der Waals surface area contributed by atoms with Crippen LogP contribution in [0.3, 0.4) is 0 Å². The largest absolute Gasteiger partial charge is 0.461 e. The highest BCUT2D eigenvalue weighted by Gasteiger charge is 2.24. The molecule has 2 amide bonds. The maximum Gasteiger partial charge on any atom is 0.317 e. The average molecular weight is 314 g/mol. The Morgan fingerprint density at radius 3 is 2.74 bits per heavy atom. The summed E-state index contributed by atoms with van der Waals surface area (Å²) in [6.45, 7) is 2.90. The smallest absolute Gasteiger partial charge is 0.317 e. The zero-order valence-corrected chi connectivity index (χ0v) is 14.0. The van der Waals surface area contributed by atoms with Gasteiger partial charge in [-0.05, 0) is 43.7 Å². The number of urea groups is 1. The third-order valence-electron chi connectivity index (χ3n) is 4.98. The lowest BCUT2D eigenvalue weighted by molar-refractivity contribution is 0.164. The Morgan fingerprint density at radius 2 is 2.00 bits per heavy atom. The van der Waals surface area contributed by atoms with Gasteiger partial charge in [-0.15, -0.1) is 0 Å². The van der Waals surface area contributed by atoms with Crippen LogP contribution in [0.25, 0.3) is 11.0 Å². The van der Waals surface area contributed by atoms with Crippen LogP contribution >= 0.6 is 0 Å². The minimum absolute atomic E-state index is 0.0284. The first-order chi connectivity index (χ1) is 11.1. The number of hydrogen-bond donors (Lipinski definition) is 1. The standard InChI is InChI=1S/C19H26N2O2/c1-14-7-9-16(10-8-14)21(2)19(22)20-12-11-17-13-15-5-3-4-6-18(15)23-17/h3-6,13-14,16H,7-12H2,1-2H3,(H,20,22). The lowest BCUT2D eigenvalue weighted by Crippen LogP contribution is -2.45. The van der Waals surface area contributed by atoms with Gasteiger partial charge in [0.15, 0.2) is 0 Å². The Morgan fingerprint density at radius 1 is 1.26 bits per heavy atom. The Bertz CT molecular complexity index is 623. The average Bonchev–Trinajstić information content (AvgIpc) is 2.97. The van der Waals surface area contributed by atoms with Gasteiger partial charge in [0.1, 0.15) is 11.3 Å². The Kier molecular flexibility index (Phi) is 4.89. The lowest BCUT2D eigenvalue weighted by Gasteiger charge is -2.33. The van der Waals surface area contributed by atoms with Crippen molar-refractivity contribution in [2.75, 3.05) is 13.6 Å². The molecule has 23 heavy (non-hydrogen) atoms. The van der Waals surface area contributed by atoms with E-state index in [0.29, 0.717) is 12.6 Å². The van der Waals surface area contributed by atoms with Crippen molar-refractivity contribution in [3.63, 3.8) is 0 Å². The first-order valence-electron chi connectivity index (χ1n) is 8.61. The molecule has 0 spiro atoms. The van der Waals surface area contributed by atoms with E-state index in [1.165, 1.54) is 12.8 Å². The van der Waals surface area contributed by atoms with E-state index in [9.17, 15) is 4.79 Å². The molecule has 0 unspecified atom stereocenters. The fraction of sp³-hybridized carbons (Fsp3) is 0.526. The van der Waals surface area contributed by atoms with Gasteiger partial charge in [-0.25, -0.2) is 4.79 Å². The quantitative estimate of drug-likeness (QED) is 0.919. The number of nitrogens with one attached hydrogen (secondary N) is 1. The summed E-state index contributed by atoms with van der Waals surface area (Å²) in [6, 6.07) is 10.4. The monoisotopic (exact) mass is 314 g/mol. The third kappa shape index (κ3) is 3.87. The molecule has 0 atom stereocenters. The highest BCUT2D eigenvalue weighted by atomic mass is 16.3. The minimum atomic E-state index is 0.0284. The molecule has 0 radical (unpaired) electrons. The summed E-state index contributed by atoms with van der Waals surface area (Å²) in [5.74, 6) is 1.72. The van der Waals surface area contributed by atoms with Crippen molar-refractivity contribution in [1.29, 1.82) is 0 Å². The second-order valence-corrected chi connectivity index (χ2v) is 6.76. The van der Waals surface area contributed by atoms with Crippen molar-refractivity contribution in [2.45, 2.75) is 45.1 Å². The van der Waals surface area contributed by atoms with E-state index in [1.807, 2.05) is 42.3 Å². The van der Waals surface area contributed by atoms with E-state index in [1.54, 1.807) is 0 Å². The zero-order chi connectivity index (χ0) is 16.2. The van der Waals surface area contributed by atoms with Crippen molar-refractivity contribution >= 4 is 17.0 Å². The van der Waals surface area contributed by atoms with E-state index in [2.05, 4.69) is 12.2 Å². The van der Waals surface area contributed by atoms with Crippen LogP contribution in [0.15, 0.2) is 34.7 Å². The number of amides is 2. The summed E-state index contributed by atoms with van der Waals surface area (Å²) in [7, 11) is 1.91. The number of benzene rings is 1. The molecule has 1 aliphatic rings. The summed E-state index contributed by atoms with van der Waals surface area (Å²) in [4.78, 5) is 14.1.